The topological polar surface area (TPSA) is 24.1 Å². The normalized spacial score (nSPS) is 30.0. The summed E-state index contributed by atoms with van der Waals surface area (Å²) in [7, 11) is 0. The summed E-state index contributed by atoms with van der Waals surface area (Å²) in [4.78, 5) is 0. The lowest BCUT2D eigenvalue weighted by atomic mass is 10.2. The van der Waals surface area contributed by atoms with Crippen molar-refractivity contribution in [3.05, 3.63) is 12.8 Å². The first-order valence-electron chi connectivity index (χ1n) is 3.12. The van der Waals surface area contributed by atoms with Crippen LogP contribution in [0.1, 0.15) is 0 Å². The van der Waals surface area contributed by atoms with Gasteiger partial charge in [0.05, 0.1) is 6.54 Å². The second kappa shape index (κ2) is 2.54. The lowest BCUT2D eigenvalue weighted by Gasteiger charge is -2.17. The molecule has 0 spiro atoms. The summed E-state index contributed by atoms with van der Waals surface area (Å²) in [5.74, 6) is -2.63. The van der Waals surface area contributed by atoms with Crippen LogP contribution < -0.4 is 10.6 Å². The molecule has 4 heteroatoms. The Morgan fingerprint density at radius 3 is 2.80 bits per heavy atom. The summed E-state index contributed by atoms with van der Waals surface area (Å²) in [6.45, 7) is 3.38. The van der Waals surface area contributed by atoms with Gasteiger partial charge in [0, 0.05) is 6.54 Å². The zero-order chi connectivity index (χ0) is 7.61. The molecule has 0 aliphatic carbocycles. The van der Waals surface area contributed by atoms with Crippen LogP contribution in [-0.2, 0) is 0 Å². The summed E-state index contributed by atoms with van der Waals surface area (Å²) in [5.41, 5.74) is 0. The number of rotatable bonds is 2. The highest BCUT2D eigenvalue weighted by atomic mass is 19.3. The molecular formula is C6H10F2N2. The first-order valence-corrected chi connectivity index (χ1v) is 3.12. The highest BCUT2D eigenvalue weighted by molar-refractivity contribution is 4.95. The fraction of sp³-hybridized carbons (Fsp3) is 0.667. The van der Waals surface area contributed by atoms with Gasteiger partial charge >= 0.3 is 0 Å². The van der Waals surface area contributed by atoms with Gasteiger partial charge in [0.2, 0.25) is 0 Å². The predicted molar refractivity (Wildman–Crippen MR) is 34.9 cm³/mol. The SMILES string of the molecule is C=CNC1CNCC1(F)F. The number of hydrogen-bond acceptors (Lipinski definition) is 2. The van der Waals surface area contributed by atoms with Gasteiger partial charge in [0.1, 0.15) is 6.04 Å². The quantitative estimate of drug-likeness (QED) is 0.589. The molecule has 0 aromatic heterocycles. The molecule has 1 aliphatic rings. The van der Waals surface area contributed by atoms with E-state index in [9.17, 15) is 8.78 Å². The molecule has 0 radical (unpaired) electrons. The molecule has 1 atom stereocenters. The van der Waals surface area contributed by atoms with Gasteiger partial charge in [0.25, 0.3) is 5.92 Å². The Bertz CT molecular complexity index is 136. The van der Waals surface area contributed by atoms with Gasteiger partial charge in [0.15, 0.2) is 0 Å². The molecule has 1 heterocycles. The molecule has 0 aromatic carbocycles. The largest absolute Gasteiger partial charge is 0.382 e. The minimum Gasteiger partial charge on any atom is -0.382 e. The van der Waals surface area contributed by atoms with Crippen molar-refractivity contribution in [2.24, 2.45) is 0 Å². The summed E-state index contributed by atoms with van der Waals surface area (Å²) in [6, 6.07) is -0.787. The number of alkyl halides is 2. The highest BCUT2D eigenvalue weighted by Gasteiger charge is 2.43. The minimum atomic E-state index is -2.63. The summed E-state index contributed by atoms with van der Waals surface area (Å²) in [6.07, 6.45) is 1.30. The Labute approximate surface area is 58.3 Å². The van der Waals surface area contributed by atoms with Gasteiger partial charge < -0.3 is 10.6 Å². The van der Waals surface area contributed by atoms with E-state index < -0.39 is 12.0 Å². The van der Waals surface area contributed by atoms with E-state index in [0.717, 1.165) is 0 Å². The fourth-order valence-corrected chi connectivity index (χ4v) is 0.979. The highest BCUT2D eigenvalue weighted by Crippen LogP contribution is 2.21. The molecule has 2 nitrogen and oxygen atoms in total. The van der Waals surface area contributed by atoms with E-state index in [1.54, 1.807) is 0 Å². The molecule has 0 saturated carbocycles. The fourth-order valence-electron chi connectivity index (χ4n) is 0.979. The van der Waals surface area contributed by atoms with Crippen LogP contribution in [0.15, 0.2) is 12.8 Å². The van der Waals surface area contributed by atoms with Crippen molar-refractivity contribution in [2.45, 2.75) is 12.0 Å². The van der Waals surface area contributed by atoms with Gasteiger partial charge in [-0.3, -0.25) is 0 Å². The summed E-state index contributed by atoms with van der Waals surface area (Å²) in [5, 5.41) is 5.07. The van der Waals surface area contributed by atoms with Crippen LogP contribution >= 0.6 is 0 Å². The molecular weight excluding hydrogens is 138 g/mol. The maximum absolute atomic E-state index is 12.6. The maximum atomic E-state index is 12.6. The van der Waals surface area contributed by atoms with E-state index in [1.807, 2.05) is 0 Å². The lowest BCUT2D eigenvalue weighted by molar-refractivity contribution is 0.000698. The Morgan fingerprint density at radius 2 is 2.40 bits per heavy atom. The van der Waals surface area contributed by atoms with E-state index in [2.05, 4.69) is 17.2 Å². The van der Waals surface area contributed by atoms with E-state index in [1.165, 1.54) is 6.20 Å². The number of nitrogens with one attached hydrogen (secondary N) is 2. The third-order valence-electron chi connectivity index (χ3n) is 1.54. The van der Waals surface area contributed by atoms with E-state index in [-0.39, 0.29) is 6.54 Å². The molecule has 0 amide bonds. The Kier molecular flexibility index (Phi) is 1.89. The average Bonchev–Trinajstić information content (AvgIpc) is 2.13. The minimum absolute atomic E-state index is 0.238. The molecule has 58 valence electrons. The second-order valence-electron chi connectivity index (χ2n) is 2.32. The average molecular weight is 148 g/mol. The third-order valence-corrected chi connectivity index (χ3v) is 1.54. The molecule has 0 bridgehead atoms. The lowest BCUT2D eigenvalue weighted by Crippen LogP contribution is -2.41. The molecule has 1 saturated heterocycles. The van der Waals surface area contributed by atoms with Crippen molar-refractivity contribution in [1.29, 1.82) is 0 Å². The molecule has 10 heavy (non-hydrogen) atoms. The molecule has 1 aliphatic heterocycles. The van der Waals surface area contributed by atoms with Crippen LogP contribution in [0.25, 0.3) is 0 Å². The van der Waals surface area contributed by atoms with E-state index in [0.29, 0.717) is 6.54 Å². The van der Waals surface area contributed by atoms with Crippen molar-refractivity contribution >= 4 is 0 Å². The standard InChI is InChI=1S/C6H10F2N2/c1-2-10-5-3-9-4-6(5,7)8/h2,5,9-10H,1,3-4H2. The van der Waals surface area contributed by atoms with Crippen molar-refractivity contribution in [2.75, 3.05) is 13.1 Å². The van der Waals surface area contributed by atoms with Crippen LogP contribution in [0.4, 0.5) is 8.78 Å². The van der Waals surface area contributed by atoms with Crippen molar-refractivity contribution in [3.8, 4) is 0 Å². The van der Waals surface area contributed by atoms with Crippen LogP contribution in [0, 0.1) is 0 Å². The van der Waals surface area contributed by atoms with Crippen LogP contribution in [0.3, 0.4) is 0 Å². The van der Waals surface area contributed by atoms with Crippen molar-refractivity contribution in [1.82, 2.24) is 10.6 Å². The van der Waals surface area contributed by atoms with Crippen LogP contribution in [0.5, 0.6) is 0 Å². The maximum Gasteiger partial charge on any atom is 0.281 e. The van der Waals surface area contributed by atoms with Crippen LogP contribution in [0.2, 0.25) is 0 Å². The van der Waals surface area contributed by atoms with Gasteiger partial charge in [-0.25, -0.2) is 8.78 Å². The number of hydrogen-bond donors (Lipinski definition) is 2. The molecule has 0 aromatic rings. The molecule has 1 rings (SSSR count). The van der Waals surface area contributed by atoms with E-state index >= 15 is 0 Å². The van der Waals surface area contributed by atoms with Gasteiger partial charge in [-0.15, -0.1) is 0 Å². The Balaban J connectivity index is 2.50. The number of halogens is 2. The summed E-state index contributed by atoms with van der Waals surface area (Å²) >= 11 is 0. The van der Waals surface area contributed by atoms with Gasteiger partial charge in [-0.1, -0.05) is 6.58 Å². The second-order valence-corrected chi connectivity index (χ2v) is 2.32. The van der Waals surface area contributed by atoms with Gasteiger partial charge in [-0.2, -0.15) is 0 Å². The summed E-state index contributed by atoms with van der Waals surface area (Å²) < 4.78 is 25.2. The van der Waals surface area contributed by atoms with Gasteiger partial charge in [-0.05, 0) is 6.20 Å². The Morgan fingerprint density at radius 1 is 1.70 bits per heavy atom. The zero-order valence-electron chi connectivity index (χ0n) is 5.53. The first-order chi connectivity index (χ1) is 4.67. The monoisotopic (exact) mass is 148 g/mol. The van der Waals surface area contributed by atoms with Crippen molar-refractivity contribution in [3.63, 3.8) is 0 Å². The zero-order valence-corrected chi connectivity index (χ0v) is 5.53. The van der Waals surface area contributed by atoms with Crippen molar-refractivity contribution < 1.29 is 8.78 Å². The van der Waals surface area contributed by atoms with Crippen LogP contribution in [-0.4, -0.2) is 25.1 Å². The third kappa shape index (κ3) is 1.26. The Hall–Kier alpha value is -0.640. The molecule has 1 fully saturated rings. The first kappa shape index (κ1) is 7.47. The molecule has 2 N–H and O–H groups in total. The predicted octanol–water partition coefficient (Wildman–Crippen LogP) is 0.327. The molecule has 1 unspecified atom stereocenters. The smallest absolute Gasteiger partial charge is 0.281 e. The van der Waals surface area contributed by atoms with E-state index in [4.69, 9.17) is 0 Å².